The number of allylic oxidation sites excluding steroid dienone is 1. The molecule has 3 aliphatic rings. The summed E-state index contributed by atoms with van der Waals surface area (Å²) in [4.78, 5) is 26.3. The first-order valence-corrected chi connectivity index (χ1v) is 9.86. The van der Waals surface area contributed by atoms with Crippen LogP contribution in [0, 0.1) is 0 Å². The van der Waals surface area contributed by atoms with Crippen LogP contribution in [0.1, 0.15) is 58.8 Å². The molecule has 0 aromatic rings. The third-order valence-electron chi connectivity index (χ3n) is 5.23. The Kier molecular flexibility index (Phi) is 6.22. The molecule has 0 radical (unpaired) electrons. The van der Waals surface area contributed by atoms with Crippen LogP contribution in [0.4, 0.5) is 4.79 Å². The molecule has 7 nitrogen and oxygen atoms in total. The lowest BCUT2D eigenvalue weighted by Crippen LogP contribution is -2.47. The van der Waals surface area contributed by atoms with Crippen LogP contribution in [-0.4, -0.2) is 47.5 Å². The number of hydrogen-bond acceptors (Lipinski definition) is 5. The Morgan fingerprint density at radius 2 is 2.11 bits per heavy atom. The second kappa shape index (κ2) is 8.44. The number of carbonyl (C=O) groups is 2. The van der Waals surface area contributed by atoms with Crippen molar-refractivity contribution in [1.82, 2.24) is 10.2 Å². The van der Waals surface area contributed by atoms with Crippen molar-refractivity contribution in [3.63, 3.8) is 0 Å². The first kappa shape index (κ1) is 19.9. The van der Waals surface area contributed by atoms with Crippen molar-refractivity contribution in [2.24, 2.45) is 0 Å². The van der Waals surface area contributed by atoms with Gasteiger partial charge in [-0.15, -0.1) is 0 Å². The van der Waals surface area contributed by atoms with Gasteiger partial charge in [0.25, 0.3) is 0 Å². The first-order valence-electron chi connectivity index (χ1n) is 9.86. The zero-order valence-corrected chi connectivity index (χ0v) is 16.2. The van der Waals surface area contributed by atoms with Crippen LogP contribution in [0.25, 0.3) is 0 Å². The van der Waals surface area contributed by atoms with E-state index >= 15 is 0 Å². The average Bonchev–Trinajstić information content (AvgIpc) is 3.08. The van der Waals surface area contributed by atoms with E-state index in [0.717, 1.165) is 25.7 Å². The molecule has 2 atom stereocenters. The number of nitrogens with one attached hydrogen (secondary N) is 1. The molecule has 1 saturated carbocycles. The van der Waals surface area contributed by atoms with Gasteiger partial charge in [-0.3, -0.25) is 4.90 Å². The molecule has 2 heterocycles. The summed E-state index contributed by atoms with van der Waals surface area (Å²) in [6.07, 6.45) is 8.73. The summed E-state index contributed by atoms with van der Waals surface area (Å²) in [5, 5.41) is 2.66. The second-order valence-electron chi connectivity index (χ2n) is 7.79. The molecule has 0 aromatic carbocycles. The molecule has 0 spiro atoms. The molecule has 1 saturated heterocycles. The van der Waals surface area contributed by atoms with Crippen LogP contribution >= 0.6 is 0 Å². The van der Waals surface area contributed by atoms with Crippen LogP contribution in [0.2, 0.25) is 0 Å². The molecule has 2 fully saturated rings. The zero-order chi connectivity index (χ0) is 19.4. The lowest BCUT2D eigenvalue weighted by atomic mass is 9.84. The van der Waals surface area contributed by atoms with Gasteiger partial charge in [0.15, 0.2) is 5.60 Å². The van der Waals surface area contributed by atoms with Crippen molar-refractivity contribution in [2.75, 3.05) is 6.61 Å². The average molecular weight is 378 g/mol. The third kappa shape index (κ3) is 4.71. The van der Waals surface area contributed by atoms with Crippen molar-refractivity contribution in [1.29, 1.82) is 0 Å². The van der Waals surface area contributed by atoms with E-state index in [2.05, 4.69) is 11.9 Å². The molecule has 0 aromatic heterocycles. The SMILES string of the molecule is C=C1C=CN(C2CCC(COC(=O)C3(OC(C)C)CCCCC3)O2)C(=O)N1. The van der Waals surface area contributed by atoms with E-state index < -0.39 is 5.60 Å². The summed E-state index contributed by atoms with van der Waals surface area (Å²) in [6, 6.07) is -0.253. The Hall–Kier alpha value is -1.86. The van der Waals surface area contributed by atoms with Gasteiger partial charge in [-0.1, -0.05) is 13.0 Å². The number of hydrogen-bond donors (Lipinski definition) is 1. The standard InChI is InChI=1S/C20H30N2O5/c1-14(2)27-20(10-5-4-6-11-20)18(23)25-13-16-7-8-17(26-16)22-12-9-15(3)21-19(22)24/h9,12,14,16-17H,3-8,10-11,13H2,1-2H3,(H,21,24). The summed E-state index contributed by atoms with van der Waals surface area (Å²) in [7, 11) is 0. The van der Waals surface area contributed by atoms with Crippen LogP contribution < -0.4 is 5.32 Å². The number of ether oxygens (including phenoxy) is 3. The number of urea groups is 1. The molecule has 3 rings (SSSR count). The Balaban J connectivity index is 1.52. The number of esters is 1. The van der Waals surface area contributed by atoms with Crippen molar-refractivity contribution in [2.45, 2.75) is 82.8 Å². The monoisotopic (exact) mass is 378 g/mol. The molecule has 150 valence electrons. The quantitative estimate of drug-likeness (QED) is 0.718. The summed E-state index contributed by atoms with van der Waals surface area (Å²) in [5.74, 6) is -0.283. The highest BCUT2D eigenvalue weighted by Crippen LogP contribution is 2.34. The minimum Gasteiger partial charge on any atom is -0.461 e. The Labute approximate surface area is 160 Å². The topological polar surface area (TPSA) is 77.1 Å². The Morgan fingerprint density at radius 3 is 2.78 bits per heavy atom. The van der Waals surface area contributed by atoms with Gasteiger partial charge >= 0.3 is 12.0 Å². The summed E-state index contributed by atoms with van der Waals surface area (Å²) >= 11 is 0. The number of carbonyl (C=O) groups excluding carboxylic acids is 2. The molecule has 2 amide bonds. The van der Waals surface area contributed by atoms with Crippen molar-refractivity contribution >= 4 is 12.0 Å². The molecule has 2 aliphatic heterocycles. The van der Waals surface area contributed by atoms with Crippen LogP contribution in [-0.2, 0) is 19.0 Å². The number of amides is 2. The van der Waals surface area contributed by atoms with Crippen molar-refractivity contribution in [3.05, 3.63) is 24.6 Å². The van der Waals surface area contributed by atoms with Gasteiger partial charge in [-0.25, -0.2) is 9.59 Å². The highest BCUT2D eigenvalue weighted by Gasteiger charge is 2.43. The lowest BCUT2D eigenvalue weighted by Gasteiger charge is -2.36. The van der Waals surface area contributed by atoms with E-state index in [0.29, 0.717) is 25.0 Å². The van der Waals surface area contributed by atoms with Gasteiger partial charge in [0.1, 0.15) is 12.8 Å². The fourth-order valence-corrected chi connectivity index (χ4v) is 3.97. The third-order valence-corrected chi connectivity index (χ3v) is 5.23. The molecule has 27 heavy (non-hydrogen) atoms. The lowest BCUT2D eigenvalue weighted by molar-refractivity contribution is -0.187. The van der Waals surface area contributed by atoms with Gasteiger partial charge < -0.3 is 19.5 Å². The normalized spacial score (nSPS) is 27.7. The van der Waals surface area contributed by atoms with Gasteiger partial charge in [-0.05, 0) is 58.4 Å². The summed E-state index contributed by atoms with van der Waals surface area (Å²) in [6.45, 7) is 7.78. The fourth-order valence-electron chi connectivity index (χ4n) is 3.97. The smallest absolute Gasteiger partial charge is 0.338 e. The predicted octanol–water partition coefficient (Wildman–Crippen LogP) is 3.22. The molecule has 0 bridgehead atoms. The predicted molar refractivity (Wildman–Crippen MR) is 99.5 cm³/mol. The van der Waals surface area contributed by atoms with Gasteiger partial charge in [0.2, 0.25) is 0 Å². The Bertz CT molecular complexity index is 609. The van der Waals surface area contributed by atoms with Crippen LogP contribution in [0.3, 0.4) is 0 Å². The molecule has 1 aliphatic carbocycles. The van der Waals surface area contributed by atoms with Crippen molar-refractivity contribution < 1.29 is 23.8 Å². The Morgan fingerprint density at radius 1 is 1.37 bits per heavy atom. The molecule has 2 unspecified atom stereocenters. The van der Waals surface area contributed by atoms with Crippen LogP contribution in [0.5, 0.6) is 0 Å². The molecular weight excluding hydrogens is 348 g/mol. The largest absolute Gasteiger partial charge is 0.461 e. The highest BCUT2D eigenvalue weighted by molar-refractivity contribution is 5.80. The second-order valence-corrected chi connectivity index (χ2v) is 7.79. The first-order chi connectivity index (χ1) is 12.9. The molecular formula is C20H30N2O5. The van der Waals surface area contributed by atoms with E-state index in [4.69, 9.17) is 14.2 Å². The maximum atomic E-state index is 12.8. The molecule has 7 heteroatoms. The maximum Gasteiger partial charge on any atom is 0.338 e. The highest BCUT2D eigenvalue weighted by atomic mass is 16.6. The van der Waals surface area contributed by atoms with E-state index in [9.17, 15) is 9.59 Å². The van der Waals surface area contributed by atoms with E-state index in [-0.39, 0.29) is 37.0 Å². The summed E-state index contributed by atoms with van der Waals surface area (Å²) in [5.41, 5.74) is -0.261. The zero-order valence-electron chi connectivity index (χ0n) is 16.2. The van der Waals surface area contributed by atoms with E-state index in [1.54, 1.807) is 12.3 Å². The van der Waals surface area contributed by atoms with E-state index in [1.165, 1.54) is 4.90 Å². The van der Waals surface area contributed by atoms with Gasteiger partial charge in [-0.2, -0.15) is 0 Å². The summed E-state index contributed by atoms with van der Waals surface area (Å²) < 4.78 is 17.5. The van der Waals surface area contributed by atoms with Gasteiger partial charge in [0, 0.05) is 11.9 Å². The van der Waals surface area contributed by atoms with Crippen LogP contribution in [0.15, 0.2) is 24.6 Å². The minimum absolute atomic E-state index is 0.0260. The van der Waals surface area contributed by atoms with Gasteiger partial charge in [0.05, 0.1) is 12.2 Å². The van der Waals surface area contributed by atoms with E-state index in [1.807, 2.05) is 13.8 Å². The molecule has 1 N–H and O–H groups in total. The number of nitrogens with zero attached hydrogens (tertiary/aromatic N) is 1. The fraction of sp³-hybridized carbons (Fsp3) is 0.700. The minimum atomic E-state index is -0.819. The van der Waals surface area contributed by atoms with Crippen molar-refractivity contribution in [3.8, 4) is 0 Å². The maximum absolute atomic E-state index is 12.8. The number of rotatable bonds is 6.